The van der Waals surface area contributed by atoms with Crippen molar-refractivity contribution in [2.24, 2.45) is 7.05 Å². The van der Waals surface area contributed by atoms with Crippen molar-refractivity contribution in [2.75, 3.05) is 0 Å². The van der Waals surface area contributed by atoms with Crippen molar-refractivity contribution in [2.45, 2.75) is 45.3 Å². The van der Waals surface area contributed by atoms with Crippen LogP contribution in [-0.4, -0.2) is 32.2 Å². The summed E-state index contributed by atoms with van der Waals surface area (Å²) < 4.78 is 3.67. The van der Waals surface area contributed by atoms with E-state index in [2.05, 4.69) is 15.7 Å². The molecule has 0 saturated carbocycles. The van der Waals surface area contributed by atoms with E-state index in [9.17, 15) is 9.59 Å². The van der Waals surface area contributed by atoms with E-state index in [1.54, 1.807) is 6.20 Å². The van der Waals surface area contributed by atoms with Crippen molar-refractivity contribution < 1.29 is 9.59 Å². The number of aryl methyl sites for hydroxylation is 3. The van der Waals surface area contributed by atoms with Crippen LogP contribution in [0.15, 0.2) is 24.5 Å². The molecule has 0 spiro atoms. The lowest BCUT2D eigenvalue weighted by Crippen LogP contribution is -2.51. The second-order valence-corrected chi connectivity index (χ2v) is 6.19. The number of hydrogen-bond donors (Lipinski definition) is 2. The fraction of sp³-hybridized carbons (Fsp3) is 0.471. The number of carbonyl (C=O) groups excluding carboxylic acids is 2. The van der Waals surface area contributed by atoms with E-state index < -0.39 is 0 Å². The quantitative estimate of drug-likeness (QED) is 0.887. The first-order chi connectivity index (χ1) is 11.5. The highest BCUT2D eigenvalue weighted by atomic mass is 16.2. The zero-order valence-electron chi connectivity index (χ0n) is 14.2. The van der Waals surface area contributed by atoms with Crippen molar-refractivity contribution in [3.63, 3.8) is 0 Å². The summed E-state index contributed by atoms with van der Waals surface area (Å²) in [4.78, 5) is 24.6. The molecule has 0 aliphatic carbocycles. The molecule has 24 heavy (non-hydrogen) atoms. The van der Waals surface area contributed by atoms with Crippen LogP contribution in [0.5, 0.6) is 0 Å². The Morgan fingerprint density at radius 1 is 1.46 bits per heavy atom. The van der Waals surface area contributed by atoms with Gasteiger partial charge in [-0.15, -0.1) is 0 Å². The van der Waals surface area contributed by atoms with Crippen molar-refractivity contribution >= 4 is 11.8 Å². The van der Waals surface area contributed by atoms with Gasteiger partial charge in [0.1, 0.15) is 5.69 Å². The monoisotopic (exact) mass is 329 g/mol. The molecule has 1 aliphatic heterocycles. The molecule has 2 atom stereocenters. The number of amides is 2. The van der Waals surface area contributed by atoms with E-state index in [0.29, 0.717) is 25.1 Å². The third-order valence-electron chi connectivity index (χ3n) is 4.57. The zero-order chi connectivity index (χ0) is 17.3. The molecule has 7 nitrogen and oxygen atoms in total. The minimum Gasteiger partial charge on any atom is -0.346 e. The molecular formula is C17H23N5O2. The number of nitrogens with zero attached hydrogens (tertiary/aromatic N) is 3. The van der Waals surface area contributed by atoms with E-state index in [0.717, 1.165) is 11.3 Å². The average molecular weight is 329 g/mol. The Bertz CT molecular complexity index is 741. The summed E-state index contributed by atoms with van der Waals surface area (Å²) in [6, 6.07) is 3.39. The molecule has 1 fully saturated rings. The van der Waals surface area contributed by atoms with Gasteiger partial charge in [0.15, 0.2) is 0 Å². The van der Waals surface area contributed by atoms with Crippen LogP contribution in [0, 0.1) is 6.92 Å². The molecule has 2 amide bonds. The van der Waals surface area contributed by atoms with Gasteiger partial charge in [-0.05, 0) is 38.0 Å². The summed E-state index contributed by atoms with van der Waals surface area (Å²) >= 11 is 0. The smallest absolute Gasteiger partial charge is 0.268 e. The summed E-state index contributed by atoms with van der Waals surface area (Å²) in [6.45, 7) is 4.63. The molecule has 2 unspecified atom stereocenters. The fourth-order valence-electron chi connectivity index (χ4n) is 3.34. The first-order valence-corrected chi connectivity index (χ1v) is 8.25. The topological polar surface area (TPSA) is 81.0 Å². The van der Waals surface area contributed by atoms with Crippen LogP contribution in [0.2, 0.25) is 0 Å². The van der Waals surface area contributed by atoms with Crippen LogP contribution < -0.4 is 10.6 Å². The van der Waals surface area contributed by atoms with E-state index in [4.69, 9.17) is 0 Å². The Hall–Kier alpha value is -2.57. The molecule has 0 radical (unpaired) electrons. The van der Waals surface area contributed by atoms with Gasteiger partial charge in [-0.3, -0.25) is 14.3 Å². The molecule has 3 heterocycles. The van der Waals surface area contributed by atoms with Gasteiger partial charge >= 0.3 is 0 Å². The van der Waals surface area contributed by atoms with E-state index in [1.807, 2.05) is 48.5 Å². The number of hydrogen-bond acceptors (Lipinski definition) is 3. The molecule has 0 aromatic carbocycles. The standard InChI is InChI=1S/C17H23N5O2/c1-4-22-13(7-9-18-22)15-12(5-6-14(23)20-15)19-17(24)16-11(2)8-10-21(16)3/h7-10,12,15H,4-6H2,1-3H3,(H,19,24)(H,20,23). The highest BCUT2D eigenvalue weighted by molar-refractivity contribution is 5.94. The highest BCUT2D eigenvalue weighted by Gasteiger charge is 2.33. The maximum Gasteiger partial charge on any atom is 0.268 e. The van der Waals surface area contributed by atoms with Crippen molar-refractivity contribution in [3.8, 4) is 0 Å². The summed E-state index contributed by atoms with van der Waals surface area (Å²) in [5.74, 6) is -0.113. The fourth-order valence-corrected chi connectivity index (χ4v) is 3.34. The number of nitrogens with one attached hydrogen (secondary N) is 2. The van der Waals surface area contributed by atoms with Crippen LogP contribution in [0.4, 0.5) is 0 Å². The van der Waals surface area contributed by atoms with Crippen molar-refractivity contribution in [3.05, 3.63) is 41.5 Å². The summed E-state index contributed by atoms with van der Waals surface area (Å²) in [6.07, 6.45) is 4.62. The van der Waals surface area contributed by atoms with Crippen LogP contribution in [0.3, 0.4) is 0 Å². The Labute approximate surface area is 141 Å². The number of rotatable bonds is 4. The summed E-state index contributed by atoms with van der Waals surface area (Å²) in [5, 5.41) is 10.4. The summed E-state index contributed by atoms with van der Waals surface area (Å²) in [5.41, 5.74) is 2.50. The minimum atomic E-state index is -0.266. The molecule has 0 bridgehead atoms. The Balaban J connectivity index is 1.85. The first kappa shape index (κ1) is 16.3. The Morgan fingerprint density at radius 3 is 2.92 bits per heavy atom. The van der Waals surface area contributed by atoms with Crippen LogP contribution in [-0.2, 0) is 18.4 Å². The zero-order valence-corrected chi connectivity index (χ0v) is 14.2. The van der Waals surface area contributed by atoms with Gasteiger partial charge in [-0.25, -0.2) is 0 Å². The predicted molar refractivity (Wildman–Crippen MR) is 89.4 cm³/mol. The SMILES string of the molecule is CCn1nccc1C1NC(=O)CCC1NC(=O)c1c(C)ccn1C. The third kappa shape index (κ3) is 2.93. The molecule has 7 heteroatoms. The number of carbonyl (C=O) groups is 2. The van der Waals surface area contributed by atoms with E-state index in [1.165, 1.54) is 0 Å². The minimum absolute atomic E-state index is 0.00407. The molecule has 2 aromatic heterocycles. The van der Waals surface area contributed by atoms with Crippen LogP contribution in [0.25, 0.3) is 0 Å². The van der Waals surface area contributed by atoms with Gasteiger partial charge in [0, 0.05) is 32.4 Å². The second kappa shape index (κ2) is 6.51. The van der Waals surface area contributed by atoms with Crippen molar-refractivity contribution in [1.82, 2.24) is 25.0 Å². The molecule has 1 aliphatic rings. The lowest BCUT2D eigenvalue weighted by molar-refractivity contribution is -0.123. The highest BCUT2D eigenvalue weighted by Crippen LogP contribution is 2.24. The molecule has 2 aromatic rings. The molecule has 128 valence electrons. The maximum absolute atomic E-state index is 12.7. The first-order valence-electron chi connectivity index (χ1n) is 8.25. The van der Waals surface area contributed by atoms with Crippen LogP contribution >= 0.6 is 0 Å². The number of aromatic nitrogens is 3. The Morgan fingerprint density at radius 2 is 2.25 bits per heavy atom. The largest absolute Gasteiger partial charge is 0.346 e. The average Bonchev–Trinajstić information content (AvgIpc) is 3.15. The third-order valence-corrected chi connectivity index (χ3v) is 4.57. The predicted octanol–water partition coefficient (Wildman–Crippen LogP) is 1.30. The molecule has 3 rings (SSSR count). The lowest BCUT2D eigenvalue weighted by atomic mass is 9.95. The molecule has 1 saturated heterocycles. The van der Waals surface area contributed by atoms with Gasteiger partial charge in [-0.2, -0.15) is 5.10 Å². The van der Waals surface area contributed by atoms with Crippen molar-refractivity contribution in [1.29, 1.82) is 0 Å². The van der Waals surface area contributed by atoms with Gasteiger partial charge in [0.25, 0.3) is 5.91 Å². The summed E-state index contributed by atoms with van der Waals surface area (Å²) in [7, 11) is 1.86. The lowest BCUT2D eigenvalue weighted by Gasteiger charge is -2.33. The Kier molecular flexibility index (Phi) is 4.42. The number of piperidine rings is 1. The van der Waals surface area contributed by atoms with Gasteiger partial charge in [0.05, 0.1) is 17.8 Å². The normalized spacial score (nSPS) is 20.7. The molecule has 2 N–H and O–H groups in total. The maximum atomic E-state index is 12.7. The second-order valence-electron chi connectivity index (χ2n) is 6.19. The molecular weight excluding hydrogens is 306 g/mol. The van der Waals surface area contributed by atoms with Gasteiger partial charge in [0.2, 0.25) is 5.91 Å². The van der Waals surface area contributed by atoms with Gasteiger partial charge < -0.3 is 15.2 Å². The van der Waals surface area contributed by atoms with E-state index in [-0.39, 0.29) is 23.9 Å². The van der Waals surface area contributed by atoms with Crippen LogP contribution in [0.1, 0.15) is 47.6 Å². The van der Waals surface area contributed by atoms with Gasteiger partial charge in [-0.1, -0.05) is 0 Å². The van der Waals surface area contributed by atoms with E-state index >= 15 is 0 Å².